The van der Waals surface area contributed by atoms with Crippen LogP contribution < -0.4 is 10.1 Å². The third-order valence-corrected chi connectivity index (χ3v) is 4.78. The molecule has 0 aliphatic heterocycles. The number of hydrogen-bond acceptors (Lipinski definition) is 6. The van der Waals surface area contributed by atoms with Gasteiger partial charge in [0.25, 0.3) is 0 Å². The van der Waals surface area contributed by atoms with Crippen molar-refractivity contribution in [2.24, 2.45) is 0 Å². The summed E-state index contributed by atoms with van der Waals surface area (Å²) in [5.74, 6) is 0.744. The van der Waals surface area contributed by atoms with Gasteiger partial charge in [0.1, 0.15) is 5.75 Å². The molecule has 0 saturated carbocycles. The first-order chi connectivity index (χ1) is 12.0. The van der Waals surface area contributed by atoms with Gasteiger partial charge in [-0.15, -0.1) is 11.3 Å². The number of aromatic nitrogens is 1. The fourth-order valence-electron chi connectivity index (χ4n) is 2.29. The summed E-state index contributed by atoms with van der Waals surface area (Å²) in [6.07, 6.45) is 0.892. The molecular weight excluding hydrogens is 338 g/mol. The van der Waals surface area contributed by atoms with E-state index in [1.54, 1.807) is 14.2 Å². The van der Waals surface area contributed by atoms with Gasteiger partial charge in [-0.3, -0.25) is 9.69 Å². The first-order valence-corrected chi connectivity index (χ1v) is 9.03. The molecule has 2 rings (SSSR count). The molecule has 2 aromatic rings. The van der Waals surface area contributed by atoms with Gasteiger partial charge in [0.2, 0.25) is 5.91 Å². The van der Waals surface area contributed by atoms with Gasteiger partial charge >= 0.3 is 0 Å². The molecule has 0 aliphatic rings. The molecule has 0 spiro atoms. The second-order valence-electron chi connectivity index (χ2n) is 5.76. The lowest BCUT2D eigenvalue weighted by atomic mass is 10.2. The number of nitrogens with one attached hydrogen (secondary N) is 1. The van der Waals surface area contributed by atoms with Gasteiger partial charge in [-0.1, -0.05) is 0 Å². The predicted octanol–water partition coefficient (Wildman–Crippen LogP) is 3.11. The van der Waals surface area contributed by atoms with Crippen LogP contribution in [-0.4, -0.2) is 56.3 Å². The summed E-state index contributed by atoms with van der Waals surface area (Å²) in [6.45, 7) is 3.38. The first kappa shape index (κ1) is 19.4. The Morgan fingerprint density at radius 1 is 1.32 bits per heavy atom. The van der Waals surface area contributed by atoms with Crippen molar-refractivity contribution in [1.82, 2.24) is 9.88 Å². The maximum absolute atomic E-state index is 12.4. The van der Waals surface area contributed by atoms with E-state index in [2.05, 4.69) is 10.3 Å². The number of methoxy groups -OCH3 is 2. The molecule has 1 aromatic heterocycles. The summed E-state index contributed by atoms with van der Waals surface area (Å²) in [7, 11) is 5.25. The van der Waals surface area contributed by atoms with Gasteiger partial charge in [-0.05, 0) is 44.7 Å². The molecule has 1 unspecified atom stereocenters. The Hall–Kier alpha value is -1.96. The van der Waals surface area contributed by atoms with E-state index in [1.165, 1.54) is 11.3 Å². The number of ether oxygens (including phenoxy) is 2. The van der Waals surface area contributed by atoms with Crippen LogP contribution in [0.4, 0.5) is 5.13 Å². The van der Waals surface area contributed by atoms with Crippen molar-refractivity contribution in [3.63, 3.8) is 0 Å². The van der Waals surface area contributed by atoms with E-state index in [0.29, 0.717) is 11.7 Å². The molecule has 1 aromatic carbocycles. The average Bonchev–Trinajstić information content (AvgIpc) is 3.09. The second-order valence-corrected chi connectivity index (χ2v) is 6.62. The zero-order valence-corrected chi connectivity index (χ0v) is 15.9. The highest BCUT2D eigenvalue weighted by atomic mass is 32.1. The minimum atomic E-state index is -0.231. The van der Waals surface area contributed by atoms with Crippen molar-refractivity contribution in [1.29, 1.82) is 0 Å². The molecular formula is C18H25N3O3S. The predicted molar refractivity (Wildman–Crippen MR) is 101 cm³/mol. The van der Waals surface area contributed by atoms with Crippen LogP contribution in [-0.2, 0) is 9.53 Å². The quantitative estimate of drug-likeness (QED) is 0.694. The molecule has 1 atom stereocenters. The van der Waals surface area contributed by atoms with Crippen molar-refractivity contribution >= 4 is 22.4 Å². The van der Waals surface area contributed by atoms with E-state index >= 15 is 0 Å². The second kappa shape index (κ2) is 9.50. The molecule has 6 nitrogen and oxygen atoms in total. The van der Waals surface area contributed by atoms with Crippen LogP contribution in [0, 0.1) is 0 Å². The van der Waals surface area contributed by atoms with Crippen molar-refractivity contribution in [3.05, 3.63) is 29.6 Å². The molecule has 0 fully saturated rings. The first-order valence-electron chi connectivity index (χ1n) is 8.15. The van der Waals surface area contributed by atoms with E-state index in [0.717, 1.165) is 30.0 Å². The maximum atomic E-state index is 12.4. The van der Waals surface area contributed by atoms with Crippen LogP contribution in [0.25, 0.3) is 11.3 Å². The number of benzene rings is 1. The Morgan fingerprint density at radius 3 is 2.68 bits per heavy atom. The Balaban J connectivity index is 1.94. The molecule has 0 radical (unpaired) electrons. The Kier molecular flexibility index (Phi) is 7.36. The molecule has 136 valence electrons. The summed E-state index contributed by atoms with van der Waals surface area (Å²) < 4.78 is 10.2. The van der Waals surface area contributed by atoms with Gasteiger partial charge in [0.05, 0.1) is 18.8 Å². The number of amides is 1. The fraction of sp³-hybridized carbons (Fsp3) is 0.444. The smallest absolute Gasteiger partial charge is 0.243 e. The zero-order valence-electron chi connectivity index (χ0n) is 15.1. The third kappa shape index (κ3) is 5.52. The number of thiazole rings is 1. The van der Waals surface area contributed by atoms with Gasteiger partial charge < -0.3 is 14.8 Å². The number of likely N-dealkylation sites (N-methyl/N-ethyl adjacent to an activating group) is 1. The number of rotatable bonds is 9. The van der Waals surface area contributed by atoms with Gasteiger partial charge in [0, 0.05) is 31.2 Å². The number of hydrogen-bond donors (Lipinski definition) is 1. The van der Waals surface area contributed by atoms with E-state index in [4.69, 9.17) is 9.47 Å². The van der Waals surface area contributed by atoms with Gasteiger partial charge in [-0.25, -0.2) is 4.98 Å². The highest BCUT2D eigenvalue weighted by Gasteiger charge is 2.19. The Labute approximate surface area is 152 Å². The highest BCUT2D eigenvalue weighted by molar-refractivity contribution is 7.14. The summed E-state index contributed by atoms with van der Waals surface area (Å²) in [4.78, 5) is 18.9. The molecule has 1 amide bonds. The van der Waals surface area contributed by atoms with E-state index < -0.39 is 0 Å². The number of nitrogens with zero attached hydrogens (tertiary/aromatic N) is 2. The lowest BCUT2D eigenvalue weighted by Crippen LogP contribution is -2.40. The Bertz CT molecular complexity index is 672. The molecule has 1 heterocycles. The van der Waals surface area contributed by atoms with E-state index in [1.807, 2.05) is 48.5 Å². The number of carbonyl (C=O) groups excluding carboxylic acids is 1. The number of carbonyl (C=O) groups is 1. The van der Waals surface area contributed by atoms with Crippen LogP contribution in [0.2, 0.25) is 0 Å². The average molecular weight is 363 g/mol. The minimum Gasteiger partial charge on any atom is -0.497 e. The fourth-order valence-corrected chi connectivity index (χ4v) is 3.01. The lowest BCUT2D eigenvalue weighted by molar-refractivity contribution is -0.120. The summed E-state index contributed by atoms with van der Waals surface area (Å²) in [5.41, 5.74) is 1.83. The molecule has 0 saturated heterocycles. The summed E-state index contributed by atoms with van der Waals surface area (Å²) >= 11 is 1.42. The maximum Gasteiger partial charge on any atom is 0.243 e. The highest BCUT2D eigenvalue weighted by Crippen LogP contribution is 2.26. The molecule has 7 heteroatoms. The molecule has 25 heavy (non-hydrogen) atoms. The van der Waals surface area contributed by atoms with E-state index in [-0.39, 0.29) is 11.9 Å². The Morgan fingerprint density at radius 2 is 2.04 bits per heavy atom. The summed E-state index contributed by atoms with van der Waals surface area (Å²) in [5, 5.41) is 5.44. The van der Waals surface area contributed by atoms with Crippen molar-refractivity contribution in [2.75, 3.05) is 39.7 Å². The van der Waals surface area contributed by atoms with Gasteiger partial charge in [-0.2, -0.15) is 0 Å². The molecule has 0 bridgehead atoms. The van der Waals surface area contributed by atoms with Crippen LogP contribution in [0.5, 0.6) is 5.75 Å². The van der Waals surface area contributed by atoms with E-state index in [9.17, 15) is 4.79 Å². The van der Waals surface area contributed by atoms with Gasteiger partial charge in [0.15, 0.2) is 5.13 Å². The molecule has 0 aliphatic carbocycles. The number of anilines is 1. The minimum absolute atomic E-state index is 0.0597. The van der Waals surface area contributed by atoms with Crippen molar-refractivity contribution in [2.45, 2.75) is 19.4 Å². The van der Waals surface area contributed by atoms with Crippen molar-refractivity contribution in [3.8, 4) is 17.0 Å². The molecule has 1 N–H and O–H groups in total. The zero-order chi connectivity index (χ0) is 18.2. The summed E-state index contributed by atoms with van der Waals surface area (Å²) in [6, 6.07) is 7.45. The SMILES string of the molecule is COCCCN(C)C(C)C(=O)Nc1nc(-c2ccc(OC)cc2)cs1. The van der Waals surface area contributed by atoms with Crippen LogP contribution in [0.15, 0.2) is 29.6 Å². The van der Waals surface area contributed by atoms with Crippen molar-refractivity contribution < 1.29 is 14.3 Å². The lowest BCUT2D eigenvalue weighted by Gasteiger charge is -2.23. The normalized spacial score (nSPS) is 12.2. The largest absolute Gasteiger partial charge is 0.497 e. The third-order valence-electron chi connectivity index (χ3n) is 4.02. The van der Waals surface area contributed by atoms with Crippen LogP contribution in [0.1, 0.15) is 13.3 Å². The van der Waals surface area contributed by atoms with Crippen LogP contribution in [0.3, 0.4) is 0 Å². The topological polar surface area (TPSA) is 63.7 Å². The monoisotopic (exact) mass is 363 g/mol. The van der Waals surface area contributed by atoms with Crippen LogP contribution >= 0.6 is 11.3 Å². The standard InChI is InChI=1S/C18H25N3O3S/c1-13(21(2)10-5-11-23-3)17(22)20-18-19-16(12-25-18)14-6-8-15(24-4)9-7-14/h6-9,12-13H,5,10-11H2,1-4H3,(H,19,20,22).